The monoisotopic (exact) mass is 316 g/mol. The third-order valence-corrected chi connectivity index (χ3v) is 3.49. The first-order valence-electron chi connectivity index (χ1n) is 6.38. The number of thioether (sulfide) groups is 1. The van der Waals surface area contributed by atoms with Gasteiger partial charge in [-0.15, -0.1) is 20.4 Å². The van der Waals surface area contributed by atoms with Crippen LogP contribution in [0.3, 0.4) is 0 Å². The van der Waals surface area contributed by atoms with Crippen LogP contribution in [0.2, 0.25) is 0 Å². The van der Waals surface area contributed by atoms with Crippen LogP contribution in [0, 0.1) is 6.92 Å². The smallest absolute Gasteiger partial charge is 0.277 e. The lowest BCUT2D eigenvalue weighted by molar-refractivity contribution is -0.114. The van der Waals surface area contributed by atoms with Crippen LogP contribution in [0.25, 0.3) is 11.5 Å². The fourth-order valence-corrected chi connectivity index (χ4v) is 2.28. The number of nitrogens with one attached hydrogen (secondary N) is 1. The van der Waals surface area contributed by atoms with Crippen molar-refractivity contribution in [2.45, 2.75) is 12.1 Å². The number of carbonyl (C=O) groups is 1. The van der Waals surface area contributed by atoms with Gasteiger partial charge in [0.1, 0.15) is 12.7 Å². The van der Waals surface area contributed by atoms with E-state index in [1.807, 2.05) is 31.2 Å². The zero-order chi connectivity index (χ0) is 15.4. The lowest BCUT2D eigenvalue weighted by Crippen LogP contribution is -2.23. The summed E-state index contributed by atoms with van der Waals surface area (Å²) in [5.41, 5.74) is 4.54. The van der Waals surface area contributed by atoms with Crippen molar-refractivity contribution in [1.82, 2.24) is 25.1 Å². The molecule has 22 heavy (non-hydrogen) atoms. The van der Waals surface area contributed by atoms with Gasteiger partial charge in [-0.3, -0.25) is 10.2 Å². The van der Waals surface area contributed by atoms with E-state index in [0.29, 0.717) is 11.1 Å². The maximum atomic E-state index is 11.7. The molecule has 0 radical (unpaired) electrons. The topological polar surface area (TPSA) is 98.7 Å². The summed E-state index contributed by atoms with van der Waals surface area (Å²) in [4.78, 5) is 11.7. The van der Waals surface area contributed by atoms with E-state index >= 15 is 0 Å². The van der Waals surface area contributed by atoms with Crippen LogP contribution in [-0.4, -0.2) is 36.7 Å². The molecule has 1 aromatic carbocycles. The van der Waals surface area contributed by atoms with Crippen molar-refractivity contribution in [2.24, 2.45) is 0 Å². The summed E-state index contributed by atoms with van der Waals surface area (Å²) in [6.07, 6.45) is 2.79. The lowest BCUT2D eigenvalue weighted by Gasteiger charge is -2.02. The number of aryl methyl sites for hydroxylation is 1. The number of rotatable bonds is 5. The van der Waals surface area contributed by atoms with Crippen molar-refractivity contribution in [2.75, 3.05) is 11.2 Å². The van der Waals surface area contributed by atoms with Crippen molar-refractivity contribution in [3.8, 4) is 11.5 Å². The molecule has 1 N–H and O–H groups in total. The molecule has 3 rings (SSSR count). The van der Waals surface area contributed by atoms with Gasteiger partial charge in [-0.1, -0.05) is 29.5 Å². The highest BCUT2D eigenvalue weighted by Crippen LogP contribution is 2.23. The first kappa shape index (κ1) is 14.3. The minimum atomic E-state index is -0.222. The van der Waals surface area contributed by atoms with Crippen molar-refractivity contribution in [3.05, 3.63) is 42.5 Å². The zero-order valence-corrected chi connectivity index (χ0v) is 12.4. The van der Waals surface area contributed by atoms with Gasteiger partial charge in [-0.05, 0) is 19.1 Å². The molecule has 0 aliphatic rings. The van der Waals surface area contributed by atoms with Gasteiger partial charge in [-0.2, -0.15) is 0 Å². The largest absolute Gasteiger partial charge is 0.411 e. The second-order valence-corrected chi connectivity index (χ2v) is 5.36. The van der Waals surface area contributed by atoms with E-state index in [4.69, 9.17) is 4.42 Å². The fraction of sp³-hybridized carbons (Fsp3) is 0.154. The molecule has 0 aliphatic heterocycles. The molecule has 0 atom stereocenters. The molecular formula is C13H12N6O2S. The Labute approximate surface area is 129 Å². The molecule has 9 heteroatoms. The maximum Gasteiger partial charge on any atom is 0.277 e. The van der Waals surface area contributed by atoms with Gasteiger partial charge in [0.15, 0.2) is 0 Å². The maximum absolute atomic E-state index is 11.7. The number of nitrogens with zero attached hydrogens (tertiary/aromatic N) is 5. The Morgan fingerprint density at radius 2 is 2.14 bits per heavy atom. The summed E-state index contributed by atoms with van der Waals surface area (Å²) in [7, 11) is 0. The molecule has 0 bridgehead atoms. The Kier molecular flexibility index (Phi) is 4.15. The Bertz CT molecular complexity index is 770. The van der Waals surface area contributed by atoms with Crippen molar-refractivity contribution in [1.29, 1.82) is 0 Å². The van der Waals surface area contributed by atoms with E-state index in [9.17, 15) is 4.79 Å². The summed E-state index contributed by atoms with van der Waals surface area (Å²) >= 11 is 1.16. The van der Waals surface area contributed by atoms with Gasteiger partial charge in [0.25, 0.3) is 5.22 Å². The summed E-state index contributed by atoms with van der Waals surface area (Å²) in [6, 6.07) is 7.77. The van der Waals surface area contributed by atoms with Crippen LogP contribution in [-0.2, 0) is 4.79 Å². The summed E-state index contributed by atoms with van der Waals surface area (Å²) in [5, 5.41) is 15.4. The van der Waals surface area contributed by atoms with E-state index in [-0.39, 0.29) is 11.7 Å². The molecule has 3 aromatic rings. The predicted molar refractivity (Wildman–Crippen MR) is 79.6 cm³/mol. The van der Waals surface area contributed by atoms with Gasteiger partial charge in [-0.25, -0.2) is 4.68 Å². The standard InChI is InChI=1S/C13H12N6O2S/c1-9-3-2-4-10(5-9)12-16-17-13(21-12)22-6-11(20)18-19-7-14-15-8-19/h2-5,7-8H,6H2,1H3,(H,18,20). The molecule has 0 saturated carbocycles. The Hall–Kier alpha value is -2.68. The number of hydrogen-bond donors (Lipinski definition) is 1. The number of amides is 1. The van der Waals surface area contributed by atoms with Gasteiger partial charge in [0.2, 0.25) is 11.8 Å². The van der Waals surface area contributed by atoms with Crippen LogP contribution >= 0.6 is 11.8 Å². The highest BCUT2D eigenvalue weighted by atomic mass is 32.2. The Morgan fingerprint density at radius 1 is 1.32 bits per heavy atom. The molecule has 8 nitrogen and oxygen atoms in total. The predicted octanol–water partition coefficient (Wildman–Crippen LogP) is 1.50. The molecule has 2 aromatic heterocycles. The second-order valence-electron chi connectivity index (χ2n) is 4.44. The number of hydrogen-bond acceptors (Lipinski definition) is 7. The SMILES string of the molecule is Cc1cccc(-c2nnc(SCC(=O)Nn3cnnc3)o2)c1. The molecular weight excluding hydrogens is 304 g/mol. The summed E-state index contributed by atoms with van der Waals surface area (Å²) < 4.78 is 6.91. The van der Waals surface area contributed by atoms with Gasteiger partial charge in [0.05, 0.1) is 5.75 Å². The molecule has 2 heterocycles. The highest BCUT2D eigenvalue weighted by Gasteiger charge is 2.11. The van der Waals surface area contributed by atoms with Gasteiger partial charge >= 0.3 is 0 Å². The van der Waals surface area contributed by atoms with Crippen LogP contribution < -0.4 is 5.43 Å². The number of carbonyl (C=O) groups excluding carboxylic acids is 1. The molecule has 0 aliphatic carbocycles. The van der Waals surface area contributed by atoms with E-state index in [0.717, 1.165) is 22.9 Å². The number of aromatic nitrogens is 5. The van der Waals surface area contributed by atoms with Gasteiger partial charge < -0.3 is 4.42 Å². The van der Waals surface area contributed by atoms with E-state index in [2.05, 4.69) is 25.8 Å². The molecule has 0 fully saturated rings. The molecule has 0 spiro atoms. The fourth-order valence-electron chi connectivity index (χ4n) is 1.72. The first-order chi connectivity index (χ1) is 10.7. The second kappa shape index (κ2) is 6.39. The van der Waals surface area contributed by atoms with E-state index in [1.54, 1.807) is 0 Å². The van der Waals surface area contributed by atoms with Crippen molar-refractivity contribution >= 4 is 17.7 Å². The average Bonchev–Trinajstić information content (AvgIpc) is 3.16. The highest BCUT2D eigenvalue weighted by molar-refractivity contribution is 7.99. The molecule has 0 saturated heterocycles. The number of benzene rings is 1. The van der Waals surface area contributed by atoms with Crippen molar-refractivity contribution in [3.63, 3.8) is 0 Å². The minimum absolute atomic E-state index is 0.146. The molecule has 1 amide bonds. The lowest BCUT2D eigenvalue weighted by atomic mass is 10.1. The third-order valence-electron chi connectivity index (χ3n) is 2.67. The Balaban J connectivity index is 1.59. The van der Waals surface area contributed by atoms with Gasteiger partial charge in [0, 0.05) is 5.56 Å². The molecule has 0 unspecified atom stereocenters. The quantitative estimate of drug-likeness (QED) is 0.712. The Morgan fingerprint density at radius 3 is 2.91 bits per heavy atom. The van der Waals surface area contributed by atoms with Crippen molar-refractivity contribution < 1.29 is 9.21 Å². The van der Waals surface area contributed by atoms with Crippen LogP contribution in [0.15, 0.2) is 46.6 Å². The first-order valence-corrected chi connectivity index (χ1v) is 7.37. The minimum Gasteiger partial charge on any atom is -0.411 e. The summed E-state index contributed by atoms with van der Waals surface area (Å²) in [6.45, 7) is 1.99. The summed E-state index contributed by atoms with van der Waals surface area (Å²) in [5.74, 6) is 0.360. The van der Waals surface area contributed by atoms with Crippen LogP contribution in [0.1, 0.15) is 5.56 Å². The zero-order valence-electron chi connectivity index (χ0n) is 11.6. The van der Waals surface area contributed by atoms with Crippen LogP contribution in [0.5, 0.6) is 0 Å². The van der Waals surface area contributed by atoms with E-state index in [1.165, 1.54) is 17.3 Å². The molecule has 112 valence electrons. The average molecular weight is 316 g/mol. The van der Waals surface area contributed by atoms with E-state index < -0.39 is 0 Å². The van der Waals surface area contributed by atoms with Crippen LogP contribution in [0.4, 0.5) is 0 Å². The third kappa shape index (κ3) is 3.50. The normalized spacial score (nSPS) is 10.6.